The van der Waals surface area contributed by atoms with E-state index in [1.54, 1.807) is 12.5 Å². The van der Waals surface area contributed by atoms with E-state index >= 15 is 0 Å². The minimum Gasteiger partial charge on any atom is -0.466 e. The van der Waals surface area contributed by atoms with E-state index in [2.05, 4.69) is 41.0 Å². The lowest BCUT2D eigenvalue weighted by molar-refractivity contribution is 0.240. The molecule has 0 saturated heterocycles. The molecule has 2 aromatic carbocycles. The van der Waals surface area contributed by atoms with Crippen molar-refractivity contribution in [3.63, 3.8) is 0 Å². The van der Waals surface area contributed by atoms with Crippen LogP contribution in [0.5, 0.6) is 0 Å². The predicted octanol–water partition coefficient (Wildman–Crippen LogP) is 6.43. The number of allylic oxidation sites excluding steroid dienone is 3. The first kappa shape index (κ1) is 18.4. The third-order valence-electron chi connectivity index (χ3n) is 5.53. The summed E-state index contributed by atoms with van der Waals surface area (Å²) >= 11 is 0. The summed E-state index contributed by atoms with van der Waals surface area (Å²) in [5.74, 6) is 0.766. The molecule has 0 saturated carbocycles. The van der Waals surface area contributed by atoms with E-state index in [-0.39, 0.29) is 6.04 Å². The molecule has 1 aliphatic carbocycles. The molecule has 5 heteroatoms. The molecule has 152 valence electrons. The predicted molar refractivity (Wildman–Crippen MR) is 121 cm³/mol. The summed E-state index contributed by atoms with van der Waals surface area (Å²) in [6, 6.07) is 12.3. The first-order valence-corrected chi connectivity index (χ1v) is 10.2. The molecular weight excluding hydrogens is 376 g/mol. The van der Waals surface area contributed by atoms with Crippen LogP contribution in [0.25, 0.3) is 21.9 Å². The van der Waals surface area contributed by atoms with Crippen LogP contribution in [-0.2, 0) is 9.47 Å². The van der Waals surface area contributed by atoms with Crippen LogP contribution >= 0.6 is 0 Å². The van der Waals surface area contributed by atoms with Gasteiger partial charge in [0.15, 0.2) is 5.76 Å². The van der Waals surface area contributed by atoms with Gasteiger partial charge in [-0.05, 0) is 55.7 Å². The number of ether oxygens (including phenoxy) is 2. The van der Waals surface area contributed by atoms with Gasteiger partial charge in [0.25, 0.3) is 0 Å². The van der Waals surface area contributed by atoms with Crippen LogP contribution in [-0.4, -0.2) is 13.1 Å². The zero-order chi connectivity index (χ0) is 20.3. The molecule has 2 heterocycles. The van der Waals surface area contributed by atoms with Gasteiger partial charge in [0.2, 0.25) is 0 Å². The van der Waals surface area contributed by atoms with Gasteiger partial charge in [-0.2, -0.15) is 0 Å². The van der Waals surface area contributed by atoms with Crippen LogP contribution in [0.15, 0.2) is 89.2 Å². The van der Waals surface area contributed by atoms with Crippen LogP contribution in [0.4, 0.5) is 11.4 Å². The number of nitrogens with one attached hydrogen (secondary N) is 2. The smallest absolute Gasteiger partial charge is 0.161 e. The summed E-state index contributed by atoms with van der Waals surface area (Å²) < 4.78 is 17.1. The van der Waals surface area contributed by atoms with Gasteiger partial charge >= 0.3 is 0 Å². The lowest BCUT2D eigenvalue weighted by atomic mass is 9.97. The maximum atomic E-state index is 6.01. The van der Waals surface area contributed by atoms with E-state index in [1.807, 2.05) is 31.3 Å². The molecule has 5 rings (SSSR count). The fourth-order valence-electron chi connectivity index (χ4n) is 3.97. The van der Waals surface area contributed by atoms with Gasteiger partial charge in [-0.3, -0.25) is 0 Å². The van der Waals surface area contributed by atoms with Crippen molar-refractivity contribution in [3.8, 4) is 0 Å². The summed E-state index contributed by atoms with van der Waals surface area (Å²) in [6.07, 6.45) is 14.3. The van der Waals surface area contributed by atoms with Gasteiger partial charge in [0.05, 0.1) is 6.04 Å². The molecule has 5 nitrogen and oxygen atoms in total. The fraction of sp³-hybridized carbons (Fsp3) is 0.200. The molecule has 1 aromatic heterocycles. The van der Waals surface area contributed by atoms with Gasteiger partial charge in [0, 0.05) is 29.2 Å². The SMILES string of the molecule is CNc1ccc2oc3ccc(NC(CC4=CC=CCC4)C4=COC=CO4)cc3c2c1. The number of furan rings is 1. The zero-order valence-corrected chi connectivity index (χ0v) is 16.9. The third kappa shape index (κ3) is 3.66. The fourth-order valence-corrected chi connectivity index (χ4v) is 3.97. The molecule has 0 radical (unpaired) electrons. The Balaban J connectivity index is 1.48. The van der Waals surface area contributed by atoms with Crippen molar-refractivity contribution >= 4 is 33.3 Å². The number of rotatable bonds is 6. The van der Waals surface area contributed by atoms with Gasteiger partial charge in [-0.1, -0.05) is 23.8 Å². The van der Waals surface area contributed by atoms with E-state index in [0.717, 1.165) is 58.3 Å². The summed E-state index contributed by atoms with van der Waals surface area (Å²) in [4.78, 5) is 0. The second-order valence-electron chi connectivity index (χ2n) is 7.51. The Kier molecular flexibility index (Phi) is 4.93. The monoisotopic (exact) mass is 400 g/mol. The van der Waals surface area contributed by atoms with Crippen molar-refractivity contribution in [1.29, 1.82) is 0 Å². The van der Waals surface area contributed by atoms with Gasteiger partial charge < -0.3 is 24.5 Å². The second kappa shape index (κ2) is 8.03. The third-order valence-corrected chi connectivity index (χ3v) is 5.53. The Labute approximate surface area is 175 Å². The Hall–Kier alpha value is -3.60. The minimum atomic E-state index is -0.0313. The second-order valence-corrected chi connectivity index (χ2v) is 7.51. The Bertz CT molecular complexity index is 1200. The summed E-state index contributed by atoms with van der Waals surface area (Å²) in [7, 11) is 1.92. The maximum absolute atomic E-state index is 6.01. The number of fused-ring (bicyclic) bond motifs is 3. The van der Waals surface area contributed by atoms with Crippen molar-refractivity contribution in [3.05, 3.63) is 84.7 Å². The first-order chi connectivity index (χ1) is 14.8. The number of hydrogen-bond donors (Lipinski definition) is 2. The zero-order valence-electron chi connectivity index (χ0n) is 16.9. The summed E-state index contributed by atoms with van der Waals surface area (Å²) in [5, 5.41) is 9.02. The molecule has 0 bridgehead atoms. The maximum Gasteiger partial charge on any atom is 0.161 e. The topological polar surface area (TPSA) is 55.7 Å². The highest BCUT2D eigenvalue weighted by Gasteiger charge is 2.20. The molecule has 30 heavy (non-hydrogen) atoms. The summed E-state index contributed by atoms with van der Waals surface area (Å²) in [6.45, 7) is 0. The van der Waals surface area contributed by atoms with E-state index in [0.29, 0.717) is 0 Å². The van der Waals surface area contributed by atoms with Crippen molar-refractivity contribution in [1.82, 2.24) is 0 Å². The summed E-state index contributed by atoms with van der Waals surface area (Å²) in [5.41, 5.74) is 5.22. The molecule has 0 fully saturated rings. The number of benzene rings is 2. The Morgan fingerprint density at radius 3 is 2.50 bits per heavy atom. The molecule has 2 N–H and O–H groups in total. The molecule has 0 amide bonds. The standard InChI is InChI=1S/C25H24N2O3/c1-26-18-7-9-23-20(14-18)21-15-19(8-10-24(21)30-23)27-22(25-16-28-11-12-29-25)13-17-5-3-2-4-6-17/h2-3,5,7-12,14-16,22,26-27H,4,6,13H2,1H3. The first-order valence-electron chi connectivity index (χ1n) is 10.2. The molecule has 1 aliphatic heterocycles. The van der Waals surface area contributed by atoms with Gasteiger partial charge in [-0.25, -0.2) is 0 Å². The molecule has 2 aliphatic rings. The van der Waals surface area contributed by atoms with Crippen LogP contribution in [0, 0.1) is 0 Å². The van der Waals surface area contributed by atoms with Gasteiger partial charge in [-0.15, -0.1) is 0 Å². The highest BCUT2D eigenvalue weighted by atomic mass is 16.5. The molecule has 1 unspecified atom stereocenters. The number of hydrogen-bond acceptors (Lipinski definition) is 5. The molecular formula is C25H24N2O3. The van der Waals surface area contributed by atoms with Crippen LogP contribution < -0.4 is 10.6 Å². The van der Waals surface area contributed by atoms with Gasteiger partial charge in [0.1, 0.15) is 30.0 Å². The minimum absolute atomic E-state index is 0.0313. The van der Waals surface area contributed by atoms with E-state index in [9.17, 15) is 0 Å². The highest BCUT2D eigenvalue weighted by molar-refractivity contribution is 6.07. The number of anilines is 2. The molecule has 0 spiro atoms. The van der Waals surface area contributed by atoms with Crippen LogP contribution in [0.3, 0.4) is 0 Å². The van der Waals surface area contributed by atoms with Crippen molar-refractivity contribution in [2.75, 3.05) is 17.7 Å². The Morgan fingerprint density at radius 1 is 1.00 bits per heavy atom. The van der Waals surface area contributed by atoms with Crippen LogP contribution in [0.1, 0.15) is 19.3 Å². The lowest BCUT2D eigenvalue weighted by Crippen LogP contribution is -2.24. The van der Waals surface area contributed by atoms with Crippen molar-refractivity contribution < 1.29 is 13.9 Å². The lowest BCUT2D eigenvalue weighted by Gasteiger charge is -2.24. The van der Waals surface area contributed by atoms with E-state index < -0.39 is 0 Å². The largest absolute Gasteiger partial charge is 0.466 e. The Morgan fingerprint density at radius 2 is 1.80 bits per heavy atom. The van der Waals surface area contributed by atoms with Crippen LogP contribution in [0.2, 0.25) is 0 Å². The molecule has 3 aromatic rings. The van der Waals surface area contributed by atoms with E-state index in [4.69, 9.17) is 13.9 Å². The average Bonchev–Trinajstić information content (AvgIpc) is 3.17. The normalized spacial score (nSPS) is 16.6. The van der Waals surface area contributed by atoms with E-state index in [1.165, 1.54) is 11.8 Å². The highest BCUT2D eigenvalue weighted by Crippen LogP contribution is 2.33. The average molecular weight is 400 g/mol. The van der Waals surface area contributed by atoms with Crippen molar-refractivity contribution in [2.45, 2.75) is 25.3 Å². The van der Waals surface area contributed by atoms with Crippen molar-refractivity contribution in [2.24, 2.45) is 0 Å². The quantitative estimate of drug-likeness (QED) is 0.499. The molecule has 1 atom stereocenters.